The molecule has 2 nitrogen and oxygen atoms in total. The van der Waals surface area contributed by atoms with Crippen LogP contribution < -0.4 is 5.32 Å². The Kier molecular flexibility index (Phi) is 4.08. The molecule has 0 amide bonds. The zero-order valence-electron chi connectivity index (χ0n) is 9.39. The van der Waals surface area contributed by atoms with Crippen LogP contribution >= 0.6 is 11.3 Å². The maximum absolute atomic E-state index is 4.01. The highest BCUT2D eigenvalue weighted by molar-refractivity contribution is 7.07. The first-order valence-corrected chi connectivity index (χ1v) is 6.42. The summed E-state index contributed by atoms with van der Waals surface area (Å²) in [4.78, 5) is 4.01. The van der Waals surface area contributed by atoms with Gasteiger partial charge in [-0.2, -0.15) is 11.3 Å². The summed E-state index contributed by atoms with van der Waals surface area (Å²) in [7, 11) is 0. The van der Waals surface area contributed by atoms with Gasteiger partial charge in [0.1, 0.15) is 0 Å². The van der Waals surface area contributed by atoms with Gasteiger partial charge in [0, 0.05) is 25.0 Å². The van der Waals surface area contributed by atoms with E-state index in [-0.39, 0.29) is 0 Å². The molecule has 0 saturated carbocycles. The predicted octanol–water partition coefficient (Wildman–Crippen LogP) is 2.86. The first-order chi connectivity index (χ1) is 7.84. The van der Waals surface area contributed by atoms with Crippen molar-refractivity contribution >= 4 is 11.3 Å². The number of pyridine rings is 1. The summed E-state index contributed by atoms with van der Waals surface area (Å²) in [5, 5.41) is 7.86. The van der Waals surface area contributed by atoms with Gasteiger partial charge in [0.2, 0.25) is 0 Å². The second-order valence-corrected chi connectivity index (χ2v) is 4.75. The highest BCUT2D eigenvalue weighted by atomic mass is 32.1. The fraction of sp³-hybridized carbons (Fsp3) is 0.308. The fourth-order valence-corrected chi connectivity index (χ4v) is 2.31. The van der Waals surface area contributed by atoms with Crippen molar-refractivity contribution < 1.29 is 0 Å². The second kappa shape index (κ2) is 5.77. The van der Waals surface area contributed by atoms with Gasteiger partial charge in [-0.1, -0.05) is 0 Å². The molecule has 0 bridgehead atoms. The number of hydrogen-bond donors (Lipinski definition) is 1. The van der Waals surface area contributed by atoms with Gasteiger partial charge >= 0.3 is 0 Å². The van der Waals surface area contributed by atoms with Gasteiger partial charge in [-0.05, 0) is 53.4 Å². The Hall–Kier alpha value is -1.19. The van der Waals surface area contributed by atoms with Crippen molar-refractivity contribution in [1.29, 1.82) is 0 Å². The first-order valence-electron chi connectivity index (χ1n) is 5.48. The highest BCUT2D eigenvalue weighted by Gasteiger charge is 2.03. The molecule has 1 unspecified atom stereocenters. The van der Waals surface area contributed by atoms with E-state index < -0.39 is 0 Å². The van der Waals surface area contributed by atoms with E-state index in [0.29, 0.717) is 6.04 Å². The smallest absolute Gasteiger partial charge is 0.0271 e. The van der Waals surface area contributed by atoms with Gasteiger partial charge in [0.05, 0.1) is 0 Å². The van der Waals surface area contributed by atoms with Crippen molar-refractivity contribution in [1.82, 2.24) is 10.3 Å². The lowest BCUT2D eigenvalue weighted by Gasteiger charge is -2.12. The molecule has 0 fully saturated rings. The summed E-state index contributed by atoms with van der Waals surface area (Å²) < 4.78 is 0. The maximum Gasteiger partial charge on any atom is 0.0271 e. The van der Waals surface area contributed by atoms with Gasteiger partial charge in [-0.25, -0.2) is 0 Å². The van der Waals surface area contributed by atoms with Crippen molar-refractivity contribution in [2.24, 2.45) is 0 Å². The molecule has 16 heavy (non-hydrogen) atoms. The molecule has 0 aromatic carbocycles. The Balaban J connectivity index is 1.78. The van der Waals surface area contributed by atoms with Crippen molar-refractivity contribution in [3.8, 4) is 0 Å². The number of aromatic nitrogens is 1. The fourth-order valence-electron chi connectivity index (χ4n) is 1.63. The monoisotopic (exact) mass is 232 g/mol. The largest absolute Gasteiger partial charge is 0.310 e. The van der Waals surface area contributed by atoms with E-state index in [1.807, 2.05) is 24.5 Å². The van der Waals surface area contributed by atoms with Crippen LogP contribution in [0.3, 0.4) is 0 Å². The summed E-state index contributed by atoms with van der Waals surface area (Å²) in [6.07, 6.45) is 4.76. The van der Waals surface area contributed by atoms with Crippen molar-refractivity contribution in [2.45, 2.75) is 25.9 Å². The van der Waals surface area contributed by atoms with E-state index in [1.54, 1.807) is 11.3 Å². The molecule has 0 aliphatic rings. The Morgan fingerprint density at radius 2 is 2.06 bits per heavy atom. The molecule has 1 N–H and O–H groups in total. The van der Waals surface area contributed by atoms with Crippen LogP contribution in [0.25, 0.3) is 0 Å². The minimum Gasteiger partial charge on any atom is -0.310 e. The van der Waals surface area contributed by atoms with Crippen LogP contribution in [0.15, 0.2) is 41.4 Å². The molecular weight excluding hydrogens is 216 g/mol. The lowest BCUT2D eigenvalue weighted by molar-refractivity contribution is 0.546. The Labute approximate surface area is 100 Å². The van der Waals surface area contributed by atoms with E-state index in [1.165, 1.54) is 11.1 Å². The summed E-state index contributed by atoms with van der Waals surface area (Å²) in [5.74, 6) is 0. The number of thiophene rings is 1. The predicted molar refractivity (Wildman–Crippen MR) is 68.6 cm³/mol. The average molecular weight is 232 g/mol. The molecule has 0 aliphatic heterocycles. The molecule has 84 valence electrons. The van der Waals surface area contributed by atoms with Crippen LogP contribution in [0.4, 0.5) is 0 Å². The van der Waals surface area contributed by atoms with Crippen LogP contribution in [-0.2, 0) is 13.0 Å². The summed E-state index contributed by atoms with van der Waals surface area (Å²) in [5.41, 5.74) is 2.70. The molecule has 2 aromatic heterocycles. The van der Waals surface area contributed by atoms with Crippen LogP contribution in [0.5, 0.6) is 0 Å². The summed E-state index contributed by atoms with van der Waals surface area (Å²) >= 11 is 1.76. The van der Waals surface area contributed by atoms with E-state index in [0.717, 1.165) is 13.0 Å². The van der Waals surface area contributed by atoms with Crippen molar-refractivity contribution in [3.05, 3.63) is 52.5 Å². The van der Waals surface area contributed by atoms with Crippen LogP contribution in [0.2, 0.25) is 0 Å². The lowest BCUT2D eigenvalue weighted by atomic mass is 10.1. The third-order valence-electron chi connectivity index (χ3n) is 2.53. The van der Waals surface area contributed by atoms with E-state index >= 15 is 0 Å². The maximum atomic E-state index is 4.01. The normalized spacial score (nSPS) is 12.6. The molecule has 2 rings (SSSR count). The van der Waals surface area contributed by atoms with Crippen LogP contribution in [0, 0.1) is 0 Å². The lowest BCUT2D eigenvalue weighted by Crippen LogP contribution is -2.27. The zero-order chi connectivity index (χ0) is 11.2. The van der Waals surface area contributed by atoms with Gasteiger partial charge in [-0.15, -0.1) is 0 Å². The molecular formula is C13H16N2S. The number of rotatable bonds is 5. The van der Waals surface area contributed by atoms with Crippen LogP contribution in [-0.4, -0.2) is 11.0 Å². The molecule has 0 radical (unpaired) electrons. The topological polar surface area (TPSA) is 24.9 Å². The van der Waals surface area contributed by atoms with Crippen molar-refractivity contribution in [3.63, 3.8) is 0 Å². The molecule has 0 spiro atoms. The minimum atomic E-state index is 0.503. The third kappa shape index (κ3) is 3.43. The number of hydrogen-bond acceptors (Lipinski definition) is 3. The molecule has 2 heterocycles. The average Bonchev–Trinajstić information content (AvgIpc) is 2.81. The van der Waals surface area contributed by atoms with Gasteiger partial charge in [0.25, 0.3) is 0 Å². The van der Waals surface area contributed by atoms with Gasteiger partial charge < -0.3 is 5.32 Å². The highest BCUT2D eigenvalue weighted by Crippen LogP contribution is 2.08. The summed E-state index contributed by atoms with van der Waals surface area (Å²) in [6, 6.07) is 6.78. The molecule has 3 heteroatoms. The zero-order valence-corrected chi connectivity index (χ0v) is 10.2. The SMILES string of the molecule is CC(Cc1ccsc1)NCc1ccncc1. The Bertz CT molecular complexity index is 397. The molecule has 0 saturated heterocycles. The Morgan fingerprint density at radius 1 is 1.25 bits per heavy atom. The molecule has 1 atom stereocenters. The third-order valence-corrected chi connectivity index (χ3v) is 3.26. The number of nitrogens with zero attached hydrogens (tertiary/aromatic N) is 1. The summed E-state index contributed by atoms with van der Waals surface area (Å²) in [6.45, 7) is 3.13. The van der Waals surface area contributed by atoms with Gasteiger partial charge in [-0.3, -0.25) is 4.98 Å². The first kappa shape index (κ1) is 11.3. The van der Waals surface area contributed by atoms with Crippen LogP contribution in [0.1, 0.15) is 18.1 Å². The molecule has 0 aliphatic carbocycles. The quantitative estimate of drug-likeness (QED) is 0.857. The minimum absolute atomic E-state index is 0.503. The second-order valence-electron chi connectivity index (χ2n) is 3.97. The van der Waals surface area contributed by atoms with E-state index in [4.69, 9.17) is 0 Å². The van der Waals surface area contributed by atoms with Gasteiger partial charge in [0.15, 0.2) is 0 Å². The van der Waals surface area contributed by atoms with E-state index in [9.17, 15) is 0 Å². The van der Waals surface area contributed by atoms with E-state index in [2.05, 4.69) is 34.1 Å². The van der Waals surface area contributed by atoms with Crippen molar-refractivity contribution in [2.75, 3.05) is 0 Å². The standard InChI is InChI=1S/C13H16N2S/c1-11(8-13-4-7-16-10-13)15-9-12-2-5-14-6-3-12/h2-7,10-11,15H,8-9H2,1H3. The molecule has 2 aromatic rings. The Morgan fingerprint density at radius 3 is 2.75 bits per heavy atom. The number of nitrogens with one attached hydrogen (secondary N) is 1.